The maximum atomic E-state index is 11.3. The predicted octanol–water partition coefficient (Wildman–Crippen LogP) is -1.23. The quantitative estimate of drug-likeness (QED) is 0.581. The molecule has 0 saturated carbocycles. The SMILES string of the molecule is CS(=O)(=O)N1CC2(CCNC2=O)C1. The minimum atomic E-state index is -3.10. The van der Waals surface area contributed by atoms with Gasteiger partial charge in [-0.3, -0.25) is 4.79 Å². The molecule has 5 nitrogen and oxygen atoms in total. The molecule has 0 atom stereocenters. The number of sulfonamides is 1. The van der Waals surface area contributed by atoms with Crippen molar-refractivity contribution in [3.05, 3.63) is 0 Å². The van der Waals surface area contributed by atoms with Crippen LogP contribution in [0.4, 0.5) is 0 Å². The summed E-state index contributed by atoms with van der Waals surface area (Å²) in [7, 11) is -3.10. The van der Waals surface area contributed by atoms with Crippen LogP contribution in [0.1, 0.15) is 6.42 Å². The first-order chi connectivity index (χ1) is 5.94. The van der Waals surface area contributed by atoms with Crippen LogP contribution in [-0.4, -0.2) is 44.5 Å². The van der Waals surface area contributed by atoms with Gasteiger partial charge in [0.25, 0.3) is 0 Å². The van der Waals surface area contributed by atoms with Gasteiger partial charge >= 0.3 is 0 Å². The van der Waals surface area contributed by atoms with Gasteiger partial charge in [-0.05, 0) is 6.42 Å². The molecule has 0 aliphatic carbocycles. The van der Waals surface area contributed by atoms with Crippen molar-refractivity contribution in [3.8, 4) is 0 Å². The van der Waals surface area contributed by atoms with E-state index in [4.69, 9.17) is 0 Å². The highest BCUT2D eigenvalue weighted by Crippen LogP contribution is 2.38. The van der Waals surface area contributed by atoms with E-state index in [-0.39, 0.29) is 5.91 Å². The van der Waals surface area contributed by atoms with Gasteiger partial charge in [-0.15, -0.1) is 0 Å². The molecule has 2 heterocycles. The molecule has 0 aromatic rings. The first kappa shape index (κ1) is 8.96. The summed E-state index contributed by atoms with van der Waals surface area (Å²) < 4.78 is 23.5. The van der Waals surface area contributed by atoms with Crippen molar-refractivity contribution in [3.63, 3.8) is 0 Å². The average Bonchev–Trinajstić information content (AvgIpc) is 2.24. The Labute approximate surface area is 77.1 Å². The Balaban J connectivity index is 2.09. The topological polar surface area (TPSA) is 66.5 Å². The lowest BCUT2D eigenvalue weighted by molar-refractivity contribution is -0.133. The van der Waals surface area contributed by atoms with Gasteiger partial charge in [0.05, 0.1) is 11.7 Å². The summed E-state index contributed by atoms with van der Waals surface area (Å²) in [5.41, 5.74) is -0.400. The van der Waals surface area contributed by atoms with Crippen molar-refractivity contribution in [2.45, 2.75) is 6.42 Å². The van der Waals surface area contributed by atoms with Crippen LogP contribution in [0.25, 0.3) is 0 Å². The molecule has 6 heteroatoms. The molecule has 2 saturated heterocycles. The zero-order valence-electron chi connectivity index (χ0n) is 7.41. The fourth-order valence-corrected chi connectivity index (χ4v) is 2.84. The molecule has 2 aliphatic rings. The predicted molar refractivity (Wildman–Crippen MR) is 46.5 cm³/mol. The highest BCUT2D eigenvalue weighted by atomic mass is 32.2. The normalized spacial score (nSPS) is 27.3. The number of hydrogen-bond donors (Lipinski definition) is 1. The van der Waals surface area contributed by atoms with E-state index >= 15 is 0 Å². The fourth-order valence-electron chi connectivity index (χ4n) is 1.88. The number of nitrogens with one attached hydrogen (secondary N) is 1. The minimum absolute atomic E-state index is 0.00685. The Bertz CT molecular complexity index is 343. The second kappa shape index (κ2) is 2.45. The van der Waals surface area contributed by atoms with E-state index in [1.165, 1.54) is 10.6 Å². The van der Waals surface area contributed by atoms with Crippen molar-refractivity contribution >= 4 is 15.9 Å². The molecule has 0 aromatic heterocycles. The highest BCUT2D eigenvalue weighted by Gasteiger charge is 2.54. The summed E-state index contributed by atoms with van der Waals surface area (Å²) in [6.45, 7) is 1.39. The molecular weight excluding hydrogens is 192 g/mol. The molecule has 0 radical (unpaired) electrons. The van der Waals surface area contributed by atoms with Crippen molar-refractivity contribution in [1.82, 2.24) is 9.62 Å². The van der Waals surface area contributed by atoms with E-state index in [2.05, 4.69) is 5.32 Å². The molecule has 74 valence electrons. The van der Waals surface area contributed by atoms with Crippen molar-refractivity contribution in [2.75, 3.05) is 25.9 Å². The molecule has 1 N–H and O–H groups in total. The lowest BCUT2D eigenvalue weighted by Crippen LogP contribution is -2.61. The Morgan fingerprint density at radius 3 is 2.46 bits per heavy atom. The molecule has 2 rings (SSSR count). The van der Waals surface area contributed by atoms with Gasteiger partial charge in [-0.25, -0.2) is 8.42 Å². The third-order valence-corrected chi connectivity index (χ3v) is 3.99. The molecule has 13 heavy (non-hydrogen) atoms. The van der Waals surface area contributed by atoms with Gasteiger partial charge in [0.2, 0.25) is 15.9 Å². The summed E-state index contributed by atoms with van der Waals surface area (Å²) in [5.74, 6) is 0.00685. The van der Waals surface area contributed by atoms with Crippen LogP contribution in [0, 0.1) is 5.41 Å². The number of amides is 1. The van der Waals surface area contributed by atoms with Crippen LogP contribution in [0.5, 0.6) is 0 Å². The fraction of sp³-hybridized carbons (Fsp3) is 0.857. The Kier molecular flexibility index (Phi) is 1.69. The minimum Gasteiger partial charge on any atom is -0.355 e. The van der Waals surface area contributed by atoms with Crippen LogP contribution < -0.4 is 5.32 Å². The van der Waals surface area contributed by atoms with Crippen molar-refractivity contribution in [1.29, 1.82) is 0 Å². The zero-order chi connectivity index (χ0) is 9.69. The first-order valence-electron chi connectivity index (χ1n) is 4.17. The molecule has 2 aliphatic heterocycles. The summed E-state index contributed by atoms with van der Waals surface area (Å²) in [6.07, 6.45) is 1.94. The third kappa shape index (κ3) is 1.24. The summed E-state index contributed by atoms with van der Waals surface area (Å²) in [5, 5.41) is 2.72. The van der Waals surface area contributed by atoms with Crippen LogP contribution in [0.3, 0.4) is 0 Å². The maximum Gasteiger partial charge on any atom is 0.228 e. The Hall–Kier alpha value is -0.620. The van der Waals surface area contributed by atoms with Gasteiger partial charge in [0.15, 0.2) is 0 Å². The summed E-state index contributed by atoms with van der Waals surface area (Å²) >= 11 is 0. The molecule has 0 aromatic carbocycles. The zero-order valence-corrected chi connectivity index (χ0v) is 8.23. The third-order valence-electron chi connectivity index (χ3n) is 2.80. The number of hydrogen-bond acceptors (Lipinski definition) is 3. The largest absolute Gasteiger partial charge is 0.355 e. The number of rotatable bonds is 1. The van der Waals surface area contributed by atoms with Crippen LogP contribution >= 0.6 is 0 Å². The van der Waals surface area contributed by atoms with Crippen LogP contribution in [-0.2, 0) is 14.8 Å². The van der Waals surface area contributed by atoms with E-state index in [0.717, 1.165) is 6.42 Å². The smallest absolute Gasteiger partial charge is 0.228 e. The monoisotopic (exact) mass is 204 g/mol. The Morgan fingerprint density at radius 1 is 1.46 bits per heavy atom. The maximum absolute atomic E-state index is 11.3. The van der Waals surface area contributed by atoms with Crippen molar-refractivity contribution in [2.24, 2.45) is 5.41 Å². The van der Waals surface area contributed by atoms with Gasteiger partial charge in [-0.1, -0.05) is 0 Å². The van der Waals surface area contributed by atoms with Gasteiger partial charge in [0, 0.05) is 19.6 Å². The van der Waals surface area contributed by atoms with E-state index < -0.39 is 15.4 Å². The molecular formula is C7H12N2O3S. The van der Waals surface area contributed by atoms with E-state index in [1.54, 1.807) is 0 Å². The van der Waals surface area contributed by atoms with Gasteiger partial charge < -0.3 is 5.32 Å². The number of carbonyl (C=O) groups is 1. The molecule has 1 amide bonds. The summed E-state index contributed by atoms with van der Waals surface area (Å²) in [4.78, 5) is 11.3. The van der Waals surface area contributed by atoms with Crippen molar-refractivity contribution < 1.29 is 13.2 Å². The lowest BCUT2D eigenvalue weighted by Gasteiger charge is -2.43. The van der Waals surface area contributed by atoms with Gasteiger partial charge in [0.1, 0.15) is 0 Å². The van der Waals surface area contributed by atoms with E-state index in [1.807, 2.05) is 0 Å². The Morgan fingerprint density at radius 2 is 2.08 bits per heavy atom. The molecule has 2 fully saturated rings. The summed E-state index contributed by atoms with van der Waals surface area (Å²) in [6, 6.07) is 0. The highest BCUT2D eigenvalue weighted by molar-refractivity contribution is 7.88. The van der Waals surface area contributed by atoms with Crippen LogP contribution in [0.2, 0.25) is 0 Å². The second-order valence-corrected chi connectivity index (χ2v) is 5.80. The first-order valence-corrected chi connectivity index (χ1v) is 6.02. The molecule has 1 spiro atoms. The number of nitrogens with zero attached hydrogens (tertiary/aromatic N) is 1. The average molecular weight is 204 g/mol. The molecule has 0 unspecified atom stereocenters. The number of carbonyl (C=O) groups excluding carboxylic acids is 1. The second-order valence-electron chi connectivity index (χ2n) is 3.82. The molecule has 0 bridgehead atoms. The van der Waals surface area contributed by atoms with Crippen LogP contribution in [0.15, 0.2) is 0 Å². The lowest BCUT2D eigenvalue weighted by atomic mass is 9.80. The standard InChI is InChI=1S/C7H12N2O3S/c1-13(11,12)9-4-7(5-9)2-3-8-6(7)10/h2-5H2,1H3,(H,8,10). The van der Waals surface area contributed by atoms with Gasteiger partial charge in [-0.2, -0.15) is 4.31 Å². The van der Waals surface area contributed by atoms with E-state index in [9.17, 15) is 13.2 Å². The van der Waals surface area contributed by atoms with E-state index in [0.29, 0.717) is 19.6 Å².